The van der Waals surface area contributed by atoms with Crippen molar-refractivity contribution in [1.29, 1.82) is 0 Å². The number of aromatic nitrogens is 3. The third-order valence-electron chi connectivity index (χ3n) is 9.03. The summed E-state index contributed by atoms with van der Waals surface area (Å²) >= 11 is 0. The van der Waals surface area contributed by atoms with Gasteiger partial charge >= 0.3 is 0 Å². The van der Waals surface area contributed by atoms with Crippen LogP contribution in [0.5, 0.6) is 5.75 Å². The molecule has 3 aromatic rings. The Morgan fingerprint density at radius 3 is 2.44 bits per heavy atom. The van der Waals surface area contributed by atoms with Crippen molar-refractivity contribution in [2.24, 2.45) is 0 Å². The number of nitrogens with zero attached hydrogens (tertiary/aromatic N) is 6. The minimum Gasteiger partial charge on any atom is -0.495 e. The van der Waals surface area contributed by atoms with Crippen LogP contribution in [0, 0.1) is 0 Å². The summed E-state index contributed by atoms with van der Waals surface area (Å²) in [6.45, 7) is 9.82. The molecule has 10 nitrogen and oxygen atoms in total. The molecular formula is C31H44N8O2. The zero-order valence-electron chi connectivity index (χ0n) is 24.7. The Labute approximate surface area is 243 Å². The Bertz CT molecular complexity index is 1350. The summed E-state index contributed by atoms with van der Waals surface area (Å²) in [4.78, 5) is 22.0. The number of piperidine rings is 1. The number of methoxy groups -OCH3 is 1. The number of aryl methyl sites for hydroxylation is 1. The largest absolute Gasteiger partial charge is 0.495 e. The van der Waals surface area contributed by atoms with E-state index in [4.69, 9.17) is 25.2 Å². The predicted molar refractivity (Wildman–Crippen MR) is 165 cm³/mol. The average Bonchev–Trinajstić information content (AvgIpc) is 3.02. The molecule has 3 saturated heterocycles. The van der Waals surface area contributed by atoms with Crippen LogP contribution >= 0.6 is 0 Å². The van der Waals surface area contributed by atoms with E-state index >= 15 is 0 Å². The molecule has 3 N–H and O–H groups in total. The summed E-state index contributed by atoms with van der Waals surface area (Å²) in [7, 11) is 3.97. The summed E-state index contributed by atoms with van der Waals surface area (Å²) in [6, 6.07) is 7.04. The first-order valence-corrected chi connectivity index (χ1v) is 15.2. The molecular weight excluding hydrogens is 516 g/mol. The number of anilines is 4. The lowest BCUT2D eigenvalue weighted by Gasteiger charge is -2.36. The highest BCUT2D eigenvalue weighted by Crippen LogP contribution is 2.39. The number of ether oxygens (including phenoxy) is 2. The number of pyridine rings is 1. The minimum atomic E-state index is 0.343. The smallest absolute Gasteiger partial charge is 0.151 e. The van der Waals surface area contributed by atoms with E-state index in [1.54, 1.807) is 7.11 Å². The number of nitrogen functional groups attached to an aromatic ring is 1. The fourth-order valence-corrected chi connectivity index (χ4v) is 6.43. The van der Waals surface area contributed by atoms with Gasteiger partial charge in [0.1, 0.15) is 17.1 Å². The first-order valence-electron chi connectivity index (χ1n) is 15.2. The van der Waals surface area contributed by atoms with Crippen LogP contribution in [0.1, 0.15) is 49.8 Å². The van der Waals surface area contributed by atoms with E-state index in [2.05, 4.69) is 57.2 Å². The summed E-state index contributed by atoms with van der Waals surface area (Å²) in [5.74, 6) is 2.61. The van der Waals surface area contributed by atoms with E-state index in [1.807, 2.05) is 6.20 Å². The van der Waals surface area contributed by atoms with Crippen molar-refractivity contribution in [3.8, 4) is 5.75 Å². The Kier molecular flexibility index (Phi) is 8.30. The molecule has 0 aliphatic carbocycles. The molecule has 41 heavy (non-hydrogen) atoms. The van der Waals surface area contributed by atoms with Gasteiger partial charge in [-0.3, -0.25) is 0 Å². The highest BCUT2D eigenvalue weighted by molar-refractivity contribution is 5.88. The lowest BCUT2D eigenvalue weighted by Crippen LogP contribution is -2.44. The van der Waals surface area contributed by atoms with Crippen LogP contribution in [0.25, 0.3) is 11.0 Å². The highest BCUT2D eigenvalue weighted by atomic mass is 16.5. The third kappa shape index (κ3) is 5.85. The predicted octanol–water partition coefficient (Wildman–Crippen LogP) is 3.90. The SMILES string of the molecule is CCc1nc2c(N)ncc(C3CCN(c4ccc(N5CCN(C)CC5)cc4OC)CC3)c2nc1NC1CCOCC1. The molecule has 0 amide bonds. The lowest BCUT2D eigenvalue weighted by atomic mass is 9.89. The maximum absolute atomic E-state index is 6.34. The van der Waals surface area contributed by atoms with E-state index in [0.717, 1.165) is 118 Å². The Morgan fingerprint density at radius 2 is 1.73 bits per heavy atom. The fraction of sp³-hybridized carbons (Fsp3) is 0.581. The van der Waals surface area contributed by atoms with Gasteiger partial charge in [-0.25, -0.2) is 15.0 Å². The number of piperazine rings is 1. The van der Waals surface area contributed by atoms with E-state index in [-0.39, 0.29) is 0 Å². The van der Waals surface area contributed by atoms with E-state index < -0.39 is 0 Å². The second kappa shape index (κ2) is 12.2. The van der Waals surface area contributed by atoms with Crippen LogP contribution in [-0.4, -0.2) is 92.5 Å². The molecule has 5 heterocycles. The number of likely N-dealkylation sites (N-methyl/N-ethyl adjacent to an activating group) is 1. The van der Waals surface area contributed by atoms with Crippen molar-refractivity contribution in [2.75, 3.05) is 87.5 Å². The molecule has 0 atom stereocenters. The van der Waals surface area contributed by atoms with Crippen LogP contribution in [-0.2, 0) is 11.2 Å². The standard InChI is InChI=1S/C31H44N8O2/c1-4-25-31(34-22-9-17-41-18-10-22)36-28-24(20-33-30(32)29(28)35-25)21-7-11-39(12-8-21)26-6-5-23(19-27(26)40-3)38-15-13-37(2)14-16-38/h5-6,19-22H,4,7-18H2,1-3H3,(H2,32,33)(H,34,36). The van der Waals surface area contributed by atoms with Gasteiger partial charge in [0.15, 0.2) is 5.82 Å². The Balaban J connectivity index is 1.21. The van der Waals surface area contributed by atoms with Crippen molar-refractivity contribution >= 4 is 34.0 Å². The topological polar surface area (TPSA) is 105 Å². The van der Waals surface area contributed by atoms with Gasteiger partial charge in [-0.15, -0.1) is 0 Å². The Morgan fingerprint density at radius 1 is 0.976 bits per heavy atom. The Hall–Kier alpha value is -3.37. The van der Waals surface area contributed by atoms with Crippen LogP contribution in [0.3, 0.4) is 0 Å². The fourth-order valence-electron chi connectivity index (χ4n) is 6.43. The molecule has 1 aromatic carbocycles. The van der Waals surface area contributed by atoms with E-state index in [9.17, 15) is 0 Å². The number of hydrogen-bond acceptors (Lipinski definition) is 10. The second-order valence-corrected chi connectivity index (χ2v) is 11.6. The minimum absolute atomic E-state index is 0.343. The summed E-state index contributed by atoms with van der Waals surface area (Å²) < 4.78 is 11.4. The average molecular weight is 561 g/mol. The van der Waals surface area contributed by atoms with Crippen molar-refractivity contribution in [3.63, 3.8) is 0 Å². The van der Waals surface area contributed by atoms with Crippen molar-refractivity contribution < 1.29 is 9.47 Å². The third-order valence-corrected chi connectivity index (χ3v) is 9.03. The monoisotopic (exact) mass is 560 g/mol. The van der Waals surface area contributed by atoms with Gasteiger partial charge in [0.2, 0.25) is 0 Å². The number of nitrogens with two attached hydrogens (primary N) is 1. The molecule has 0 saturated carbocycles. The highest BCUT2D eigenvalue weighted by Gasteiger charge is 2.27. The van der Waals surface area contributed by atoms with Crippen molar-refractivity contribution in [3.05, 3.63) is 35.7 Å². The quantitative estimate of drug-likeness (QED) is 0.442. The van der Waals surface area contributed by atoms with Crippen LogP contribution in [0.15, 0.2) is 24.4 Å². The molecule has 2 aromatic heterocycles. The molecule has 0 bridgehead atoms. The van der Waals surface area contributed by atoms with Crippen LogP contribution < -0.4 is 25.6 Å². The van der Waals surface area contributed by atoms with Gasteiger partial charge in [0.25, 0.3) is 0 Å². The van der Waals surface area contributed by atoms with Crippen LogP contribution in [0.4, 0.5) is 23.0 Å². The second-order valence-electron chi connectivity index (χ2n) is 11.6. The summed E-state index contributed by atoms with van der Waals surface area (Å²) in [5, 5.41) is 3.67. The maximum Gasteiger partial charge on any atom is 0.151 e. The number of fused-ring (bicyclic) bond motifs is 1. The summed E-state index contributed by atoms with van der Waals surface area (Å²) in [6.07, 6.45) is 6.68. The molecule has 3 aliphatic rings. The van der Waals surface area contributed by atoms with E-state index in [1.165, 1.54) is 11.4 Å². The molecule has 10 heteroatoms. The molecule has 3 aliphatic heterocycles. The normalized spacial score (nSPS) is 19.6. The number of benzene rings is 1. The van der Waals surface area contributed by atoms with Gasteiger partial charge in [-0.2, -0.15) is 0 Å². The molecule has 0 radical (unpaired) electrons. The molecule has 0 spiro atoms. The van der Waals surface area contributed by atoms with Crippen molar-refractivity contribution in [2.45, 2.75) is 51.0 Å². The van der Waals surface area contributed by atoms with Crippen molar-refractivity contribution in [1.82, 2.24) is 19.9 Å². The first-order chi connectivity index (χ1) is 20.0. The van der Waals surface area contributed by atoms with E-state index in [0.29, 0.717) is 17.8 Å². The van der Waals surface area contributed by atoms with Gasteiger partial charge in [-0.1, -0.05) is 6.92 Å². The zero-order valence-corrected chi connectivity index (χ0v) is 24.7. The van der Waals surface area contributed by atoms with Crippen LogP contribution in [0.2, 0.25) is 0 Å². The summed E-state index contributed by atoms with van der Waals surface area (Å²) in [5.41, 5.74) is 12.4. The molecule has 6 rings (SSSR count). The zero-order chi connectivity index (χ0) is 28.3. The number of nitrogens with one attached hydrogen (secondary N) is 1. The molecule has 0 unspecified atom stereocenters. The number of hydrogen-bond donors (Lipinski definition) is 2. The molecule has 220 valence electrons. The number of rotatable bonds is 7. The maximum atomic E-state index is 6.34. The van der Waals surface area contributed by atoms with Gasteiger partial charge in [-0.05, 0) is 57.2 Å². The first kappa shape index (κ1) is 27.8. The lowest BCUT2D eigenvalue weighted by molar-refractivity contribution is 0.0903. The van der Waals surface area contributed by atoms with Gasteiger partial charge in [0, 0.05) is 82.0 Å². The molecule has 3 fully saturated rings. The van der Waals surface area contributed by atoms with Gasteiger partial charge in [0.05, 0.1) is 24.0 Å². The van der Waals surface area contributed by atoms with Gasteiger partial charge < -0.3 is 35.2 Å².